The van der Waals surface area contributed by atoms with Crippen molar-refractivity contribution in [2.24, 2.45) is 0 Å². The molecule has 8 nitrogen and oxygen atoms in total. The molecule has 0 saturated heterocycles. The van der Waals surface area contributed by atoms with E-state index in [4.69, 9.17) is 15.3 Å². The smallest absolute Gasteiger partial charge is 0.323 e. The monoisotopic (exact) mass is 248 g/mol. The number of carbonyl (C=O) groups is 3. The van der Waals surface area contributed by atoms with Crippen LogP contribution in [-0.2, 0) is 9.59 Å². The molecular weight excluding hydrogens is 232 g/mol. The van der Waals surface area contributed by atoms with Gasteiger partial charge in [-0.15, -0.1) is 0 Å². The van der Waals surface area contributed by atoms with Gasteiger partial charge in [-0.05, 0) is 6.92 Å². The first-order valence-corrected chi connectivity index (χ1v) is 4.85. The molecule has 0 aromatic heterocycles. The molecule has 0 aliphatic heterocycles. The number of nitrogens with zero attached hydrogens (tertiary/aromatic N) is 2. The summed E-state index contributed by atoms with van der Waals surface area (Å²) in [4.78, 5) is 34.5. The Balaban J connectivity index is 4.72. The lowest BCUT2D eigenvalue weighted by molar-refractivity contribution is -0.140. The van der Waals surface area contributed by atoms with E-state index in [1.807, 2.05) is 0 Å². The Kier molecular flexibility index (Phi) is 5.97. The molecule has 3 N–H and O–H groups in total. The maximum Gasteiger partial charge on any atom is 0.323 e. The van der Waals surface area contributed by atoms with Crippen LogP contribution < -0.4 is 0 Å². The molecule has 2 amide bonds. The lowest BCUT2D eigenvalue weighted by Gasteiger charge is -2.29. The van der Waals surface area contributed by atoms with E-state index in [1.54, 1.807) is 6.92 Å². The average molecular weight is 248 g/mol. The third kappa shape index (κ3) is 5.16. The molecule has 0 rings (SSSR count). The number of rotatable bonds is 6. The molecule has 0 spiro atoms. The van der Waals surface area contributed by atoms with Gasteiger partial charge in [-0.1, -0.05) is 0 Å². The molecular formula is C9H16N2O6. The number of hydrogen-bond acceptors (Lipinski definition) is 4. The molecule has 0 fully saturated rings. The highest BCUT2D eigenvalue weighted by atomic mass is 16.4. The normalized spacial score (nSPS) is 11.7. The van der Waals surface area contributed by atoms with Gasteiger partial charge in [0.1, 0.15) is 13.1 Å². The number of aliphatic carboxylic acids is 2. The molecule has 0 bridgehead atoms. The highest BCUT2D eigenvalue weighted by Crippen LogP contribution is 2.02. The number of carbonyl (C=O) groups excluding carboxylic acids is 1. The van der Waals surface area contributed by atoms with Crippen LogP contribution in [0.4, 0.5) is 4.79 Å². The first-order valence-electron chi connectivity index (χ1n) is 4.85. The first kappa shape index (κ1) is 15.2. The van der Waals surface area contributed by atoms with Crippen molar-refractivity contribution >= 4 is 18.0 Å². The minimum Gasteiger partial charge on any atom is -0.480 e. The summed E-state index contributed by atoms with van der Waals surface area (Å²) in [7, 11) is 1.36. The summed E-state index contributed by atoms with van der Waals surface area (Å²) in [6, 6.07) is -1.27. The van der Waals surface area contributed by atoms with Crippen molar-refractivity contribution in [3.63, 3.8) is 0 Å². The van der Waals surface area contributed by atoms with Gasteiger partial charge in [-0.2, -0.15) is 0 Å². The van der Waals surface area contributed by atoms with Crippen LogP contribution in [0, 0.1) is 0 Å². The summed E-state index contributed by atoms with van der Waals surface area (Å²) < 4.78 is 0. The van der Waals surface area contributed by atoms with Crippen molar-refractivity contribution in [1.29, 1.82) is 0 Å². The zero-order chi connectivity index (χ0) is 13.6. The van der Waals surface area contributed by atoms with Crippen LogP contribution in [0.5, 0.6) is 0 Å². The van der Waals surface area contributed by atoms with Crippen LogP contribution in [-0.4, -0.2) is 75.9 Å². The zero-order valence-corrected chi connectivity index (χ0v) is 9.66. The molecule has 0 aromatic rings. The largest absolute Gasteiger partial charge is 0.480 e. The van der Waals surface area contributed by atoms with Gasteiger partial charge < -0.3 is 25.1 Å². The maximum atomic E-state index is 11.7. The van der Waals surface area contributed by atoms with Crippen molar-refractivity contribution < 1.29 is 29.7 Å². The summed E-state index contributed by atoms with van der Waals surface area (Å²) in [6.07, 6.45) is 0. The fourth-order valence-electron chi connectivity index (χ4n) is 1.05. The van der Waals surface area contributed by atoms with Gasteiger partial charge in [0.2, 0.25) is 0 Å². The van der Waals surface area contributed by atoms with Gasteiger partial charge in [-0.3, -0.25) is 9.59 Å². The third-order valence-electron chi connectivity index (χ3n) is 2.15. The molecule has 1 atom stereocenters. The van der Waals surface area contributed by atoms with E-state index >= 15 is 0 Å². The number of amides is 2. The second-order valence-electron chi connectivity index (χ2n) is 3.57. The Hall–Kier alpha value is -1.83. The number of carboxylic acid groups (broad SMARTS) is 2. The van der Waals surface area contributed by atoms with E-state index in [0.29, 0.717) is 4.90 Å². The SMILES string of the molecule is CC(CO)N(C)C(=O)N(CC(=O)O)CC(=O)O. The number of aliphatic hydroxyl groups excluding tert-OH is 1. The van der Waals surface area contributed by atoms with Crippen molar-refractivity contribution in [1.82, 2.24) is 9.80 Å². The lowest BCUT2D eigenvalue weighted by atomic mass is 10.3. The molecule has 98 valence electrons. The van der Waals surface area contributed by atoms with Gasteiger partial charge in [0, 0.05) is 7.05 Å². The summed E-state index contributed by atoms with van der Waals surface area (Å²) in [5.74, 6) is -2.60. The van der Waals surface area contributed by atoms with Gasteiger partial charge in [0.05, 0.1) is 12.6 Å². The third-order valence-corrected chi connectivity index (χ3v) is 2.15. The Morgan fingerprint density at radius 1 is 1.12 bits per heavy atom. The number of aliphatic hydroxyl groups is 1. The molecule has 0 aliphatic rings. The van der Waals surface area contributed by atoms with E-state index in [1.165, 1.54) is 7.05 Å². The summed E-state index contributed by atoms with van der Waals surface area (Å²) >= 11 is 0. The Bertz CT molecular complexity index is 290. The molecule has 8 heteroatoms. The quantitative estimate of drug-likeness (QED) is 0.548. The van der Waals surface area contributed by atoms with Gasteiger partial charge >= 0.3 is 18.0 Å². The van der Waals surface area contributed by atoms with Crippen LogP contribution in [0.3, 0.4) is 0 Å². The van der Waals surface area contributed by atoms with Crippen molar-refractivity contribution in [2.75, 3.05) is 26.7 Å². The molecule has 0 saturated carbocycles. The second-order valence-corrected chi connectivity index (χ2v) is 3.57. The molecule has 0 aliphatic carbocycles. The predicted molar refractivity (Wildman–Crippen MR) is 56.6 cm³/mol. The predicted octanol–water partition coefficient (Wildman–Crippen LogP) is -1.11. The van der Waals surface area contributed by atoms with E-state index in [2.05, 4.69) is 0 Å². The Morgan fingerprint density at radius 2 is 1.53 bits per heavy atom. The fraction of sp³-hybridized carbons (Fsp3) is 0.667. The number of urea groups is 1. The Morgan fingerprint density at radius 3 is 1.82 bits per heavy atom. The van der Waals surface area contributed by atoms with Gasteiger partial charge in [-0.25, -0.2) is 4.79 Å². The van der Waals surface area contributed by atoms with Gasteiger partial charge in [0.15, 0.2) is 0 Å². The second kappa shape index (κ2) is 6.69. The van der Waals surface area contributed by atoms with Crippen LogP contribution >= 0.6 is 0 Å². The first-order chi connectivity index (χ1) is 7.79. The van der Waals surface area contributed by atoms with Gasteiger partial charge in [0.25, 0.3) is 0 Å². The summed E-state index contributed by atoms with van der Waals surface area (Å²) in [5, 5.41) is 26.0. The number of carboxylic acids is 2. The van der Waals surface area contributed by atoms with Crippen LogP contribution in [0.15, 0.2) is 0 Å². The minimum absolute atomic E-state index is 0.295. The van der Waals surface area contributed by atoms with E-state index < -0.39 is 37.1 Å². The molecule has 0 heterocycles. The highest BCUT2D eigenvalue weighted by molar-refractivity contribution is 5.84. The van der Waals surface area contributed by atoms with Crippen molar-refractivity contribution in [3.05, 3.63) is 0 Å². The number of likely N-dealkylation sites (N-methyl/N-ethyl adjacent to an activating group) is 1. The van der Waals surface area contributed by atoms with Crippen LogP contribution in [0.2, 0.25) is 0 Å². The highest BCUT2D eigenvalue weighted by Gasteiger charge is 2.25. The molecule has 17 heavy (non-hydrogen) atoms. The molecule has 1 unspecified atom stereocenters. The van der Waals surface area contributed by atoms with Crippen LogP contribution in [0.25, 0.3) is 0 Å². The molecule has 0 radical (unpaired) electrons. The van der Waals surface area contributed by atoms with E-state index in [-0.39, 0.29) is 6.61 Å². The van der Waals surface area contributed by atoms with E-state index in [9.17, 15) is 14.4 Å². The molecule has 0 aromatic carbocycles. The lowest BCUT2D eigenvalue weighted by Crippen LogP contribution is -2.49. The average Bonchev–Trinajstić information content (AvgIpc) is 2.23. The van der Waals surface area contributed by atoms with Crippen LogP contribution in [0.1, 0.15) is 6.92 Å². The van der Waals surface area contributed by atoms with Crippen molar-refractivity contribution in [3.8, 4) is 0 Å². The topological polar surface area (TPSA) is 118 Å². The maximum absolute atomic E-state index is 11.7. The zero-order valence-electron chi connectivity index (χ0n) is 9.66. The van der Waals surface area contributed by atoms with Crippen molar-refractivity contribution in [2.45, 2.75) is 13.0 Å². The number of hydrogen-bond donors (Lipinski definition) is 3. The minimum atomic E-state index is -1.30. The summed E-state index contributed by atoms with van der Waals surface area (Å²) in [5.41, 5.74) is 0. The standard InChI is InChI=1S/C9H16N2O6/c1-6(5-12)10(2)9(17)11(3-7(13)14)4-8(15)16/h6,12H,3-5H2,1-2H3,(H,13,14)(H,15,16). The Labute approximate surface area is 98.0 Å². The van der Waals surface area contributed by atoms with E-state index in [0.717, 1.165) is 4.90 Å². The summed E-state index contributed by atoms with van der Waals surface area (Å²) in [6.45, 7) is -0.144. The fourth-order valence-corrected chi connectivity index (χ4v) is 1.05.